The number of ketones is 1. The lowest BCUT2D eigenvalue weighted by atomic mass is 9.94. The molecule has 0 amide bonds. The fraction of sp³-hybridized carbons (Fsp3) is 0.562. The Morgan fingerprint density at radius 1 is 1.42 bits per heavy atom. The van der Waals surface area contributed by atoms with Crippen molar-refractivity contribution in [3.8, 4) is 0 Å². The number of hydrogen-bond donors (Lipinski definition) is 1. The minimum atomic E-state index is -0.652. The van der Waals surface area contributed by atoms with Gasteiger partial charge in [0.1, 0.15) is 0 Å². The van der Waals surface area contributed by atoms with Crippen LogP contribution in [0.25, 0.3) is 0 Å². The molecule has 0 radical (unpaired) electrons. The molecule has 0 aromatic heterocycles. The maximum atomic E-state index is 12.3. The van der Waals surface area contributed by atoms with Crippen LogP contribution in [0, 0.1) is 13.8 Å². The third-order valence-corrected chi connectivity index (χ3v) is 3.80. The van der Waals surface area contributed by atoms with Crippen LogP contribution in [-0.2, 0) is 0 Å². The molecule has 0 saturated carbocycles. The largest absolute Gasteiger partial charge is 0.389 e. The molecule has 1 fully saturated rings. The Morgan fingerprint density at radius 3 is 2.79 bits per heavy atom. The molecule has 2 rings (SSSR count). The van der Waals surface area contributed by atoms with E-state index in [0.29, 0.717) is 13.1 Å². The summed E-state index contributed by atoms with van der Waals surface area (Å²) < 4.78 is 0. The van der Waals surface area contributed by atoms with E-state index in [4.69, 9.17) is 0 Å². The van der Waals surface area contributed by atoms with E-state index >= 15 is 0 Å². The summed E-state index contributed by atoms with van der Waals surface area (Å²) in [5.74, 6) is 0.148. The van der Waals surface area contributed by atoms with E-state index in [9.17, 15) is 9.90 Å². The van der Waals surface area contributed by atoms with Gasteiger partial charge in [0.25, 0.3) is 0 Å². The quantitative estimate of drug-likeness (QED) is 0.849. The molecule has 3 nitrogen and oxygen atoms in total. The standard InChI is InChI=1S/C16H23NO2/c1-12-5-6-14(13(2)9-12)15(18)10-17-8-4-7-16(3,19)11-17/h5-6,9,19H,4,7-8,10-11H2,1-3H3. The number of aliphatic hydroxyl groups is 1. The molecule has 1 N–H and O–H groups in total. The number of carbonyl (C=O) groups is 1. The molecule has 19 heavy (non-hydrogen) atoms. The lowest BCUT2D eigenvalue weighted by Crippen LogP contribution is -2.47. The van der Waals surface area contributed by atoms with Gasteiger partial charge in [0.05, 0.1) is 12.1 Å². The van der Waals surface area contributed by atoms with Crippen molar-refractivity contribution in [3.05, 3.63) is 34.9 Å². The second-order valence-electron chi connectivity index (χ2n) is 6.05. The zero-order valence-electron chi connectivity index (χ0n) is 12.1. The first-order chi connectivity index (χ1) is 8.87. The molecule has 1 unspecified atom stereocenters. The number of hydrogen-bond acceptors (Lipinski definition) is 3. The van der Waals surface area contributed by atoms with E-state index in [1.54, 1.807) is 0 Å². The van der Waals surface area contributed by atoms with Gasteiger partial charge in [-0.1, -0.05) is 23.8 Å². The van der Waals surface area contributed by atoms with Crippen LogP contribution in [0.2, 0.25) is 0 Å². The number of benzene rings is 1. The van der Waals surface area contributed by atoms with Crippen LogP contribution in [0.5, 0.6) is 0 Å². The summed E-state index contributed by atoms with van der Waals surface area (Å²) in [6, 6.07) is 5.93. The van der Waals surface area contributed by atoms with Crippen molar-refractivity contribution in [3.63, 3.8) is 0 Å². The first kappa shape index (κ1) is 14.2. The zero-order chi connectivity index (χ0) is 14.0. The Hall–Kier alpha value is -1.19. The van der Waals surface area contributed by atoms with Gasteiger partial charge in [-0.25, -0.2) is 0 Å². The number of piperidine rings is 1. The molecule has 1 saturated heterocycles. The Bertz CT molecular complexity index is 480. The molecule has 3 heteroatoms. The fourth-order valence-corrected chi connectivity index (χ4v) is 2.87. The molecule has 1 aromatic rings. The van der Waals surface area contributed by atoms with Crippen molar-refractivity contribution in [1.29, 1.82) is 0 Å². The van der Waals surface area contributed by atoms with E-state index in [2.05, 4.69) is 4.90 Å². The van der Waals surface area contributed by atoms with Crippen LogP contribution in [0.3, 0.4) is 0 Å². The van der Waals surface area contributed by atoms with E-state index < -0.39 is 5.60 Å². The number of likely N-dealkylation sites (tertiary alicyclic amines) is 1. The van der Waals surface area contributed by atoms with E-state index in [0.717, 1.165) is 30.5 Å². The predicted molar refractivity (Wildman–Crippen MR) is 76.5 cm³/mol. The van der Waals surface area contributed by atoms with Crippen LogP contribution in [0.15, 0.2) is 18.2 Å². The Balaban J connectivity index is 2.04. The van der Waals surface area contributed by atoms with Gasteiger partial charge in [-0.2, -0.15) is 0 Å². The van der Waals surface area contributed by atoms with Gasteiger partial charge in [-0.15, -0.1) is 0 Å². The Labute approximate surface area is 115 Å². The van der Waals surface area contributed by atoms with Crippen LogP contribution in [-0.4, -0.2) is 41.0 Å². The first-order valence-corrected chi connectivity index (χ1v) is 6.93. The van der Waals surface area contributed by atoms with Gasteiger partial charge in [-0.3, -0.25) is 9.69 Å². The van der Waals surface area contributed by atoms with Gasteiger partial charge >= 0.3 is 0 Å². The third-order valence-electron chi connectivity index (χ3n) is 3.80. The minimum absolute atomic E-state index is 0.148. The monoisotopic (exact) mass is 261 g/mol. The lowest BCUT2D eigenvalue weighted by molar-refractivity contribution is -0.0132. The SMILES string of the molecule is Cc1ccc(C(=O)CN2CCCC(C)(O)C2)c(C)c1. The first-order valence-electron chi connectivity index (χ1n) is 6.93. The van der Waals surface area contributed by atoms with Gasteiger partial charge in [-0.05, 0) is 45.7 Å². The number of carbonyl (C=O) groups excluding carboxylic acids is 1. The van der Waals surface area contributed by atoms with Crippen molar-refractivity contribution >= 4 is 5.78 Å². The zero-order valence-corrected chi connectivity index (χ0v) is 12.1. The summed E-state index contributed by atoms with van der Waals surface area (Å²) in [7, 11) is 0. The summed E-state index contributed by atoms with van der Waals surface area (Å²) in [6.07, 6.45) is 1.77. The topological polar surface area (TPSA) is 40.5 Å². The van der Waals surface area contributed by atoms with E-state index in [1.165, 1.54) is 5.56 Å². The summed E-state index contributed by atoms with van der Waals surface area (Å²) in [5.41, 5.74) is 2.36. The molecule has 0 bridgehead atoms. The summed E-state index contributed by atoms with van der Waals surface area (Å²) in [5, 5.41) is 10.1. The highest BCUT2D eigenvalue weighted by molar-refractivity contribution is 5.99. The maximum Gasteiger partial charge on any atom is 0.177 e. The van der Waals surface area contributed by atoms with Gasteiger partial charge < -0.3 is 5.11 Å². The average molecular weight is 261 g/mol. The van der Waals surface area contributed by atoms with Crippen LogP contribution >= 0.6 is 0 Å². The molecular weight excluding hydrogens is 238 g/mol. The van der Waals surface area contributed by atoms with E-state index in [-0.39, 0.29) is 5.78 Å². The van der Waals surface area contributed by atoms with Gasteiger partial charge in [0.2, 0.25) is 0 Å². The highest BCUT2D eigenvalue weighted by Gasteiger charge is 2.29. The van der Waals surface area contributed by atoms with Gasteiger partial charge in [0.15, 0.2) is 5.78 Å². The molecule has 1 aromatic carbocycles. The molecule has 1 atom stereocenters. The normalized spacial score (nSPS) is 24.4. The van der Waals surface area contributed by atoms with Crippen molar-refractivity contribution in [2.45, 2.75) is 39.2 Å². The molecule has 104 valence electrons. The molecule has 1 aliphatic rings. The van der Waals surface area contributed by atoms with Crippen molar-refractivity contribution < 1.29 is 9.90 Å². The number of Topliss-reactive ketones (excluding diaryl/α,β-unsaturated/α-hetero) is 1. The lowest BCUT2D eigenvalue weighted by Gasteiger charge is -2.36. The number of aryl methyl sites for hydroxylation is 2. The van der Waals surface area contributed by atoms with Crippen molar-refractivity contribution in [2.24, 2.45) is 0 Å². The Kier molecular flexibility index (Phi) is 4.07. The van der Waals surface area contributed by atoms with Crippen LogP contribution < -0.4 is 0 Å². The maximum absolute atomic E-state index is 12.3. The summed E-state index contributed by atoms with van der Waals surface area (Å²) in [6.45, 7) is 7.74. The molecular formula is C16H23NO2. The summed E-state index contributed by atoms with van der Waals surface area (Å²) in [4.78, 5) is 14.4. The van der Waals surface area contributed by atoms with E-state index in [1.807, 2.05) is 39.0 Å². The second-order valence-corrected chi connectivity index (χ2v) is 6.05. The van der Waals surface area contributed by atoms with Crippen molar-refractivity contribution in [1.82, 2.24) is 4.90 Å². The smallest absolute Gasteiger partial charge is 0.177 e. The number of nitrogens with zero attached hydrogens (tertiary/aromatic N) is 1. The van der Waals surface area contributed by atoms with Gasteiger partial charge in [0, 0.05) is 12.1 Å². The van der Waals surface area contributed by atoms with Crippen LogP contribution in [0.1, 0.15) is 41.3 Å². The molecule has 1 heterocycles. The summed E-state index contributed by atoms with van der Waals surface area (Å²) >= 11 is 0. The molecule has 0 aliphatic carbocycles. The predicted octanol–water partition coefficient (Wildman–Crippen LogP) is 2.33. The minimum Gasteiger partial charge on any atom is -0.389 e. The number of rotatable bonds is 3. The molecule has 0 spiro atoms. The highest BCUT2D eigenvalue weighted by atomic mass is 16.3. The third kappa shape index (κ3) is 3.64. The Morgan fingerprint density at radius 2 is 2.16 bits per heavy atom. The fourth-order valence-electron chi connectivity index (χ4n) is 2.87. The number of β-amino-alcohol motifs (C(OH)–C–C–N with tert-alkyl or cyclic N) is 1. The van der Waals surface area contributed by atoms with Crippen molar-refractivity contribution in [2.75, 3.05) is 19.6 Å². The molecule has 1 aliphatic heterocycles. The highest BCUT2D eigenvalue weighted by Crippen LogP contribution is 2.21. The van der Waals surface area contributed by atoms with Crippen LogP contribution in [0.4, 0.5) is 0 Å². The average Bonchev–Trinajstić information content (AvgIpc) is 2.27. The second kappa shape index (κ2) is 5.43.